The van der Waals surface area contributed by atoms with Gasteiger partial charge in [0.2, 0.25) is 0 Å². The molecule has 1 spiro atoms. The van der Waals surface area contributed by atoms with Crippen LogP contribution in [0.25, 0.3) is 0 Å². The Hall–Kier alpha value is -0.810. The van der Waals surface area contributed by atoms with Crippen LogP contribution in [0, 0.1) is 11.2 Å². The summed E-state index contributed by atoms with van der Waals surface area (Å²) < 4.78 is 19.5. The molecular formula is C13H16BrFN2O. The Kier molecular flexibility index (Phi) is 3.20. The third-order valence-corrected chi connectivity index (χ3v) is 4.53. The van der Waals surface area contributed by atoms with Gasteiger partial charge in [-0.05, 0) is 34.8 Å². The lowest BCUT2D eigenvalue weighted by Crippen LogP contribution is -2.40. The van der Waals surface area contributed by atoms with Gasteiger partial charge in [-0.3, -0.25) is 0 Å². The number of hydrogen-bond donors (Lipinski definition) is 2. The maximum absolute atomic E-state index is 13.5. The van der Waals surface area contributed by atoms with Crippen molar-refractivity contribution >= 4 is 27.3 Å². The van der Waals surface area contributed by atoms with E-state index >= 15 is 0 Å². The predicted octanol–water partition coefficient (Wildman–Crippen LogP) is 3.22. The first kappa shape index (κ1) is 12.2. The molecule has 1 fully saturated rings. The third kappa shape index (κ3) is 2.21. The van der Waals surface area contributed by atoms with Crippen LogP contribution in [0.15, 0.2) is 16.6 Å². The van der Waals surface area contributed by atoms with Gasteiger partial charge < -0.3 is 15.4 Å². The van der Waals surface area contributed by atoms with Gasteiger partial charge >= 0.3 is 0 Å². The summed E-state index contributed by atoms with van der Waals surface area (Å²) in [5.41, 5.74) is 2.03. The number of rotatable bonds is 0. The summed E-state index contributed by atoms with van der Waals surface area (Å²) in [5, 5.41) is 6.81. The molecule has 18 heavy (non-hydrogen) atoms. The van der Waals surface area contributed by atoms with E-state index in [1.165, 1.54) is 0 Å². The molecule has 0 atom stereocenters. The molecule has 2 N–H and O–H groups in total. The smallest absolute Gasteiger partial charge is 0.139 e. The summed E-state index contributed by atoms with van der Waals surface area (Å²) in [7, 11) is 0. The Bertz CT molecular complexity index is 426. The van der Waals surface area contributed by atoms with Crippen molar-refractivity contribution in [1.82, 2.24) is 0 Å². The fourth-order valence-electron chi connectivity index (χ4n) is 2.63. The Morgan fingerprint density at radius 1 is 1.11 bits per heavy atom. The number of nitrogens with one attached hydrogen (secondary N) is 2. The van der Waals surface area contributed by atoms with Crippen LogP contribution in [-0.2, 0) is 4.74 Å². The lowest BCUT2D eigenvalue weighted by molar-refractivity contribution is 0.0276. The van der Waals surface area contributed by atoms with Gasteiger partial charge in [0.15, 0.2) is 0 Å². The van der Waals surface area contributed by atoms with Gasteiger partial charge in [-0.1, -0.05) is 0 Å². The second-order valence-corrected chi connectivity index (χ2v) is 5.99. The van der Waals surface area contributed by atoms with Gasteiger partial charge in [0.05, 0.1) is 15.8 Å². The van der Waals surface area contributed by atoms with Gasteiger partial charge in [0, 0.05) is 37.8 Å². The number of halogens is 2. The third-order valence-electron chi connectivity index (χ3n) is 3.92. The van der Waals surface area contributed by atoms with Crippen LogP contribution in [0.2, 0.25) is 0 Å². The van der Waals surface area contributed by atoms with Gasteiger partial charge in [-0.2, -0.15) is 0 Å². The quantitative estimate of drug-likeness (QED) is 0.771. The maximum Gasteiger partial charge on any atom is 0.139 e. The zero-order valence-electron chi connectivity index (χ0n) is 10.1. The summed E-state index contributed by atoms with van der Waals surface area (Å²) in [6.07, 6.45) is 2.09. The first-order valence-corrected chi connectivity index (χ1v) is 7.02. The minimum atomic E-state index is -0.231. The van der Waals surface area contributed by atoms with Crippen molar-refractivity contribution < 1.29 is 9.13 Å². The van der Waals surface area contributed by atoms with Crippen molar-refractivity contribution in [1.29, 1.82) is 0 Å². The van der Waals surface area contributed by atoms with Gasteiger partial charge in [0.25, 0.3) is 0 Å². The summed E-state index contributed by atoms with van der Waals surface area (Å²) in [4.78, 5) is 0. The fourth-order valence-corrected chi connectivity index (χ4v) is 2.97. The zero-order chi connectivity index (χ0) is 12.6. The molecule has 2 heterocycles. The van der Waals surface area contributed by atoms with Crippen molar-refractivity contribution in [2.24, 2.45) is 5.41 Å². The number of ether oxygens (including phenoxy) is 1. The van der Waals surface area contributed by atoms with Crippen molar-refractivity contribution in [3.8, 4) is 0 Å². The number of anilines is 2. The van der Waals surface area contributed by atoms with Crippen LogP contribution in [0.4, 0.5) is 15.8 Å². The van der Waals surface area contributed by atoms with Crippen molar-refractivity contribution in [3.05, 3.63) is 22.4 Å². The second kappa shape index (κ2) is 4.70. The Morgan fingerprint density at radius 3 is 2.39 bits per heavy atom. The molecule has 2 aliphatic rings. The van der Waals surface area contributed by atoms with E-state index in [1.54, 1.807) is 12.1 Å². The first-order valence-electron chi connectivity index (χ1n) is 6.23. The molecule has 2 aliphatic heterocycles. The Morgan fingerprint density at radius 2 is 1.72 bits per heavy atom. The molecule has 0 bridgehead atoms. The SMILES string of the molecule is Fc1cc2c(cc1Br)NCC1(CCOCC1)CN2. The van der Waals surface area contributed by atoms with E-state index in [0.29, 0.717) is 4.47 Å². The topological polar surface area (TPSA) is 33.3 Å². The highest BCUT2D eigenvalue weighted by Gasteiger charge is 2.34. The molecule has 1 aromatic rings. The minimum absolute atomic E-state index is 0.222. The maximum atomic E-state index is 13.5. The predicted molar refractivity (Wildman–Crippen MR) is 73.6 cm³/mol. The molecule has 0 aromatic heterocycles. The van der Waals surface area contributed by atoms with E-state index in [2.05, 4.69) is 26.6 Å². The largest absolute Gasteiger partial charge is 0.383 e. The van der Waals surface area contributed by atoms with Crippen LogP contribution < -0.4 is 10.6 Å². The van der Waals surface area contributed by atoms with Crippen molar-refractivity contribution in [3.63, 3.8) is 0 Å². The molecule has 0 aliphatic carbocycles. The summed E-state index contributed by atoms with van der Waals surface area (Å²) in [6, 6.07) is 3.35. The van der Waals surface area contributed by atoms with E-state index in [9.17, 15) is 4.39 Å². The number of hydrogen-bond acceptors (Lipinski definition) is 3. The molecule has 3 rings (SSSR count). The summed E-state index contributed by atoms with van der Waals surface area (Å²) in [5.74, 6) is -0.231. The standard InChI is InChI=1S/C13H16BrFN2O/c14-9-5-11-12(6-10(9)15)17-8-13(7-16-11)1-3-18-4-2-13/h5-6,16-17H,1-4,7-8H2. The molecule has 98 valence electrons. The molecule has 0 saturated carbocycles. The first-order chi connectivity index (χ1) is 8.69. The fraction of sp³-hybridized carbons (Fsp3) is 0.538. The highest BCUT2D eigenvalue weighted by molar-refractivity contribution is 9.10. The van der Waals surface area contributed by atoms with Gasteiger partial charge in [0.1, 0.15) is 5.82 Å². The van der Waals surface area contributed by atoms with E-state index in [0.717, 1.165) is 50.5 Å². The Balaban J connectivity index is 1.85. The second-order valence-electron chi connectivity index (χ2n) is 5.13. The number of fused-ring (bicyclic) bond motifs is 1. The van der Waals surface area contributed by atoms with Crippen LogP contribution in [-0.4, -0.2) is 26.3 Å². The average molecular weight is 315 g/mol. The van der Waals surface area contributed by atoms with E-state index < -0.39 is 0 Å². The van der Waals surface area contributed by atoms with E-state index in [1.807, 2.05) is 0 Å². The molecular weight excluding hydrogens is 299 g/mol. The lowest BCUT2D eigenvalue weighted by Gasteiger charge is -2.36. The van der Waals surface area contributed by atoms with Crippen LogP contribution in [0.3, 0.4) is 0 Å². The molecule has 1 aromatic carbocycles. The van der Waals surface area contributed by atoms with Crippen molar-refractivity contribution in [2.45, 2.75) is 12.8 Å². The highest BCUT2D eigenvalue weighted by Crippen LogP contribution is 2.37. The average Bonchev–Trinajstić information content (AvgIpc) is 2.54. The van der Waals surface area contributed by atoms with E-state index in [-0.39, 0.29) is 11.2 Å². The molecule has 0 radical (unpaired) electrons. The number of benzene rings is 1. The van der Waals surface area contributed by atoms with Crippen LogP contribution in [0.5, 0.6) is 0 Å². The molecule has 3 nitrogen and oxygen atoms in total. The molecule has 0 amide bonds. The highest BCUT2D eigenvalue weighted by atomic mass is 79.9. The molecule has 5 heteroatoms. The zero-order valence-corrected chi connectivity index (χ0v) is 11.6. The van der Waals surface area contributed by atoms with Gasteiger partial charge in [-0.25, -0.2) is 4.39 Å². The molecule has 0 unspecified atom stereocenters. The monoisotopic (exact) mass is 314 g/mol. The Labute approximate surface area is 114 Å². The molecule has 1 saturated heterocycles. The summed E-state index contributed by atoms with van der Waals surface area (Å²) >= 11 is 3.22. The van der Waals surface area contributed by atoms with Gasteiger partial charge in [-0.15, -0.1) is 0 Å². The normalized spacial score (nSPS) is 21.7. The van der Waals surface area contributed by atoms with Crippen LogP contribution >= 0.6 is 15.9 Å². The summed E-state index contributed by atoms with van der Waals surface area (Å²) in [6.45, 7) is 3.42. The minimum Gasteiger partial charge on any atom is -0.383 e. The van der Waals surface area contributed by atoms with Crippen molar-refractivity contribution in [2.75, 3.05) is 36.9 Å². The van der Waals surface area contributed by atoms with E-state index in [4.69, 9.17) is 4.74 Å². The lowest BCUT2D eigenvalue weighted by atomic mass is 9.80. The van der Waals surface area contributed by atoms with Crippen LogP contribution in [0.1, 0.15) is 12.8 Å².